The number of carbonyl (C=O) groups excluding carboxylic acids is 4. The van der Waals surface area contributed by atoms with Crippen LogP contribution in [-0.2, 0) is 14.3 Å². The van der Waals surface area contributed by atoms with E-state index < -0.39 is 23.0 Å². The third-order valence-electron chi connectivity index (χ3n) is 8.84. The molecule has 0 bridgehead atoms. The Hall–Kier alpha value is -6.83. The van der Waals surface area contributed by atoms with E-state index in [1.165, 1.54) is 50.5 Å². The highest BCUT2D eigenvalue weighted by Gasteiger charge is 2.28. The molecule has 59 heavy (non-hydrogen) atoms. The van der Waals surface area contributed by atoms with Crippen LogP contribution < -0.4 is 30.2 Å². The average Bonchev–Trinajstić information content (AvgIpc) is 3.69. The van der Waals surface area contributed by atoms with E-state index in [4.69, 9.17) is 18.9 Å². The molecule has 5 aromatic carbocycles. The van der Waals surface area contributed by atoms with Gasteiger partial charge < -0.3 is 34.9 Å². The molecule has 1 unspecified atom stereocenters. The van der Waals surface area contributed by atoms with Gasteiger partial charge in [-0.3, -0.25) is 14.4 Å². The van der Waals surface area contributed by atoms with Gasteiger partial charge in [0.05, 0.1) is 27.9 Å². The number of amides is 3. The summed E-state index contributed by atoms with van der Waals surface area (Å²) >= 11 is 2.52. The normalized spacial score (nSPS) is 11.5. The first-order chi connectivity index (χ1) is 28.7. The second-order valence-corrected chi connectivity index (χ2v) is 14.7. The fourth-order valence-corrected chi connectivity index (χ4v) is 8.05. The number of anilines is 2. The van der Waals surface area contributed by atoms with Crippen molar-refractivity contribution in [2.75, 3.05) is 38.6 Å². The Morgan fingerprint density at radius 3 is 2.03 bits per heavy atom. The summed E-state index contributed by atoms with van der Waals surface area (Å²) in [6, 6.07) is 37.5. The van der Waals surface area contributed by atoms with Crippen molar-refractivity contribution in [1.82, 2.24) is 5.32 Å². The van der Waals surface area contributed by atoms with E-state index in [-0.39, 0.29) is 23.8 Å². The highest BCUT2D eigenvalue weighted by Crippen LogP contribution is 2.41. The number of ether oxygens (including phenoxy) is 4. The van der Waals surface area contributed by atoms with Crippen LogP contribution in [0.2, 0.25) is 0 Å². The molecule has 0 radical (unpaired) electrons. The second kappa shape index (κ2) is 20.0. The first kappa shape index (κ1) is 41.8. The first-order valence-electron chi connectivity index (χ1n) is 18.4. The summed E-state index contributed by atoms with van der Waals surface area (Å²) in [6.45, 7) is 1.91. The van der Waals surface area contributed by atoms with Crippen LogP contribution in [0.3, 0.4) is 0 Å². The van der Waals surface area contributed by atoms with Crippen LogP contribution >= 0.6 is 23.1 Å². The SMILES string of the molecule is CCOC(=O)c1c(-c2ccccc2)csc1NC(=O)C(Sc1cccc(NC(=O)/C(=C\c2cc(OC)c(OC)cc2OC)NC(=O)c2ccccc2)c1)c1ccccc1. The maximum atomic E-state index is 14.3. The lowest BCUT2D eigenvalue weighted by Gasteiger charge is -2.18. The predicted molar refractivity (Wildman–Crippen MR) is 232 cm³/mol. The molecule has 1 atom stereocenters. The lowest BCUT2D eigenvalue weighted by Crippen LogP contribution is -2.30. The first-order valence-corrected chi connectivity index (χ1v) is 20.1. The van der Waals surface area contributed by atoms with Crippen molar-refractivity contribution in [1.29, 1.82) is 0 Å². The van der Waals surface area contributed by atoms with Gasteiger partial charge in [-0.05, 0) is 60.5 Å². The van der Waals surface area contributed by atoms with E-state index in [1.807, 2.05) is 72.1 Å². The van der Waals surface area contributed by atoms with Gasteiger partial charge in [0, 0.05) is 38.7 Å². The Bertz CT molecular complexity index is 2460. The van der Waals surface area contributed by atoms with Crippen molar-refractivity contribution in [2.24, 2.45) is 0 Å². The third-order valence-corrected chi connectivity index (χ3v) is 11.0. The number of thioether (sulfide) groups is 1. The fraction of sp³-hybridized carbons (Fsp3) is 0.130. The minimum absolute atomic E-state index is 0.0767. The fourth-order valence-electron chi connectivity index (χ4n) is 6.01. The zero-order chi connectivity index (χ0) is 41.7. The van der Waals surface area contributed by atoms with Gasteiger partial charge in [-0.1, -0.05) is 84.9 Å². The molecule has 6 aromatic rings. The molecule has 300 valence electrons. The molecule has 0 saturated carbocycles. The molecule has 0 aliphatic carbocycles. The molecule has 3 amide bonds. The highest BCUT2D eigenvalue weighted by molar-refractivity contribution is 8.00. The van der Waals surface area contributed by atoms with Crippen LogP contribution in [0, 0.1) is 0 Å². The monoisotopic (exact) mass is 827 g/mol. The number of carbonyl (C=O) groups is 4. The van der Waals surface area contributed by atoms with Crippen LogP contribution in [-0.4, -0.2) is 51.6 Å². The summed E-state index contributed by atoms with van der Waals surface area (Å²) in [6.07, 6.45) is 1.49. The van der Waals surface area contributed by atoms with Gasteiger partial charge in [0.25, 0.3) is 11.8 Å². The summed E-state index contributed by atoms with van der Waals surface area (Å²) in [7, 11) is 4.47. The van der Waals surface area contributed by atoms with Gasteiger partial charge in [-0.15, -0.1) is 23.1 Å². The topological polar surface area (TPSA) is 141 Å². The minimum atomic E-state index is -0.766. The summed E-state index contributed by atoms with van der Waals surface area (Å²) in [5, 5.41) is 10.1. The van der Waals surface area contributed by atoms with Gasteiger partial charge in [0.2, 0.25) is 5.91 Å². The molecule has 0 spiro atoms. The number of hydrogen-bond acceptors (Lipinski definition) is 10. The van der Waals surface area contributed by atoms with Gasteiger partial charge in [0.1, 0.15) is 27.3 Å². The Labute approximate surface area is 350 Å². The van der Waals surface area contributed by atoms with Crippen molar-refractivity contribution in [3.63, 3.8) is 0 Å². The van der Waals surface area contributed by atoms with Gasteiger partial charge in [-0.25, -0.2) is 4.79 Å². The molecule has 13 heteroatoms. The maximum Gasteiger partial charge on any atom is 0.341 e. The van der Waals surface area contributed by atoms with Gasteiger partial charge in [0.15, 0.2) is 11.5 Å². The van der Waals surface area contributed by atoms with E-state index >= 15 is 0 Å². The molecular formula is C46H41N3O8S2. The number of hydrogen-bond donors (Lipinski definition) is 3. The minimum Gasteiger partial charge on any atom is -0.496 e. The molecule has 0 aliphatic rings. The van der Waals surface area contributed by atoms with Crippen molar-refractivity contribution in [2.45, 2.75) is 17.1 Å². The summed E-state index contributed by atoms with van der Waals surface area (Å²) in [4.78, 5) is 55.6. The Kier molecular flexibility index (Phi) is 14.2. The number of thiophene rings is 1. The molecule has 3 N–H and O–H groups in total. The summed E-state index contributed by atoms with van der Waals surface area (Å²) in [5.41, 5.74) is 3.61. The number of benzene rings is 5. The van der Waals surface area contributed by atoms with Crippen molar-refractivity contribution in [3.8, 4) is 28.4 Å². The van der Waals surface area contributed by atoms with Crippen molar-refractivity contribution < 1.29 is 38.1 Å². The van der Waals surface area contributed by atoms with Crippen molar-refractivity contribution >= 4 is 63.6 Å². The summed E-state index contributed by atoms with van der Waals surface area (Å²) in [5.74, 6) is -0.829. The standard InChI is InChI=1S/C46H41N3O8S2/c1-5-57-46(53)40-35(29-16-9-6-10-17-29)28-58-45(40)49-44(52)41(30-18-11-7-12-19-30)59-34-23-15-22-33(26-34)47-43(51)36(48-42(50)31-20-13-8-14-21-31)24-32-25-38(55-3)39(56-4)27-37(32)54-2/h6-28,41H,5H2,1-4H3,(H,47,51)(H,48,50)(H,49,52)/b36-24+. The number of methoxy groups -OCH3 is 3. The second-order valence-electron chi connectivity index (χ2n) is 12.6. The molecule has 11 nitrogen and oxygen atoms in total. The lowest BCUT2D eigenvalue weighted by atomic mass is 10.0. The predicted octanol–water partition coefficient (Wildman–Crippen LogP) is 9.50. The van der Waals surface area contributed by atoms with Gasteiger partial charge in [-0.2, -0.15) is 0 Å². The highest BCUT2D eigenvalue weighted by atomic mass is 32.2. The zero-order valence-corrected chi connectivity index (χ0v) is 34.3. The molecular weight excluding hydrogens is 787 g/mol. The van der Waals surface area contributed by atoms with Crippen LogP contribution in [0.1, 0.15) is 44.0 Å². The molecule has 1 aromatic heterocycles. The van der Waals surface area contributed by atoms with Crippen LogP contribution in [0.25, 0.3) is 17.2 Å². The van der Waals surface area contributed by atoms with Crippen LogP contribution in [0.15, 0.2) is 143 Å². The van der Waals surface area contributed by atoms with E-state index in [0.29, 0.717) is 49.5 Å². The van der Waals surface area contributed by atoms with Crippen molar-refractivity contribution in [3.05, 3.63) is 161 Å². The van der Waals surface area contributed by atoms with Crippen LogP contribution in [0.5, 0.6) is 17.2 Å². The Balaban J connectivity index is 1.29. The van der Waals surface area contributed by atoms with E-state index in [2.05, 4.69) is 16.0 Å². The van der Waals surface area contributed by atoms with Crippen LogP contribution in [0.4, 0.5) is 10.7 Å². The largest absolute Gasteiger partial charge is 0.496 e. The van der Waals surface area contributed by atoms with E-state index in [0.717, 1.165) is 11.1 Å². The third kappa shape index (κ3) is 10.4. The Morgan fingerprint density at radius 1 is 0.729 bits per heavy atom. The zero-order valence-electron chi connectivity index (χ0n) is 32.6. The molecule has 0 fully saturated rings. The molecule has 0 aliphatic heterocycles. The summed E-state index contributed by atoms with van der Waals surface area (Å²) < 4.78 is 21.9. The number of rotatable bonds is 16. The number of esters is 1. The van der Waals surface area contributed by atoms with Gasteiger partial charge >= 0.3 is 5.97 Å². The Morgan fingerprint density at radius 2 is 1.37 bits per heavy atom. The molecule has 0 saturated heterocycles. The lowest BCUT2D eigenvalue weighted by molar-refractivity contribution is -0.116. The quantitative estimate of drug-likeness (QED) is 0.0494. The molecule has 1 heterocycles. The maximum absolute atomic E-state index is 14.3. The molecule has 6 rings (SSSR count). The number of nitrogens with one attached hydrogen (secondary N) is 3. The average molecular weight is 828 g/mol. The smallest absolute Gasteiger partial charge is 0.341 e. The van der Waals surface area contributed by atoms with E-state index in [1.54, 1.807) is 67.6 Å². The van der Waals surface area contributed by atoms with E-state index in [9.17, 15) is 19.2 Å².